The summed E-state index contributed by atoms with van der Waals surface area (Å²) in [5.74, 6) is -0.742. The number of carbonyl (C=O) groups is 1. The Balaban J connectivity index is 2.07. The van der Waals surface area contributed by atoms with E-state index in [2.05, 4.69) is 26.6 Å². The Morgan fingerprint density at radius 1 is 1.50 bits per heavy atom. The van der Waals surface area contributed by atoms with Crippen LogP contribution >= 0.6 is 15.9 Å². The summed E-state index contributed by atoms with van der Waals surface area (Å²) in [6, 6.07) is 4.02. The molecule has 4 nitrogen and oxygen atoms in total. The van der Waals surface area contributed by atoms with E-state index >= 15 is 0 Å². The van der Waals surface area contributed by atoms with Gasteiger partial charge in [-0.15, -0.1) is 0 Å². The van der Waals surface area contributed by atoms with Crippen LogP contribution in [0.25, 0.3) is 0 Å². The molecule has 0 spiro atoms. The number of ether oxygens (including phenoxy) is 1. The molecule has 1 aliphatic rings. The van der Waals surface area contributed by atoms with Crippen LogP contribution in [0.5, 0.6) is 0 Å². The van der Waals surface area contributed by atoms with Crippen LogP contribution in [-0.2, 0) is 4.74 Å². The molecule has 0 bridgehead atoms. The highest BCUT2D eigenvalue weighted by atomic mass is 79.9. The van der Waals surface area contributed by atoms with Crippen LogP contribution < -0.4 is 10.6 Å². The molecule has 2 N–H and O–H groups in total. The summed E-state index contributed by atoms with van der Waals surface area (Å²) in [4.78, 5) is 12.0. The highest BCUT2D eigenvalue weighted by Gasteiger charge is 2.28. The Labute approximate surface area is 113 Å². The summed E-state index contributed by atoms with van der Waals surface area (Å²) in [5, 5.41) is 5.97. The molecule has 0 aliphatic carbocycles. The first-order valence-electron chi connectivity index (χ1n) is 5.60. The monoisotopic (exact) mass is 316 g/mol. The first-order valence-corrected chi connectivity index (χ1v) is 6.40. The van der Waals surface area contributed by atoms with Gasteiger partial charge in [-0.25, -0.2) is 4.39 Å². The zero-order chi connectivity index (χ0) is 13.1. The maximum atomic E-state index is 13.2. The molecule has 2 atom stereocenters. The summed E-state index contributed by atoms with van der Waals surface area (Å²) >= 11 is 3.16. The van der Waals surface area contributed by atoms with Crippen molar-refractivity contribution in [2.45, 2.75) is 12.1 Å². The van der Waals surface area contributed by atoms with Crippen LogP contribution in [0.1, 0.15) is 10.4 Å². The Morgan fingerprint density at radius 3 is 2.94 bits per heavy atom. The van der Waals surface area contributed by atoms with E-state index in [1.165, 1.54) is 12.1 Å². The third-order valence-electron chi connectivity index (χ3n) is 2.90. The summed E-state index contributed by atoms with van der Waals surface area (Å²) < 4.78 is 19.0. The van der Waals surface area contributed by atoms with Crippen LogP contribution in [0.4, 0.5) is 4.39 Å². The van der Waals surface area contributed by atoms with E-state index in [-0.39, 0.29) is 18.1 Å². The van der Waals surface area contributed by atoms with Crippen LogP contribution in [0.2, 0.25) is 0 Å². The lowest BCUT2D eigenvalue weighted by atomic mass is 10.1. The fourth-order valence-electron chi connectivity index (χ4n) is 1.98. The van der Waals surface area contributed by atoms with Gasteiger partial charge >= 0.3 is 0 Å². The molecule has 2 rings (SSSR count). The molecule has 1 aliphatic heterocycles. The SMILES string of the molecule is CO[C@@H]1CNCC1NC(=O)c1cc(F)cc(Br)c1. The third-order valence-corrected chi connectivity index (χ3v) is 3.36. The molecular formula is C12H14BrFN2O2. The number of methoxy groups -OCH3 is 1. The predicted octanol–water partition coefficient (Wildman–Crippen LogP) is 1.30. The van der Waals surface area contributed by atoms with E-state index in [0.717, 1.165) is 0 Å². The number of nitrogens with one attached hydrogen (secondary N) is 2. The molecule has 0 radical (unpaired) electrons. The Kier molecular flexibility index (Phi) is 4.31. The van der Waals surface area contributed by atoms with Crippen LogP contribution in [0.15, 0.2) is 22.7 Å². The quantitative estimate of drug-likeness (QED) is 0.884. The van der Waals surface area contributed by atoms with E-state index in [4.69, 9.17) is 4.74 Å². The molecule has 1 amide bonds. The summed E-state index contributed by atoms with van der Waals surface area (Å²) in [5.41, 5.74) is 0.295. The number of benzene rings is 1. The van der Waals surface area contributed by atoms with Gasteiger partial charge in [0, 0.05) is 30.2 Å². The molecule has 1 heterocycles. The van der Waals surface area contributed by atoms with Gasteiger partial charge < -0.3 is 15.4 Å². The van der Waals surface area contributed by atoms with Gasteiger partial charge in [-0.3, -0.25) is 4.79 Å². The van der Waals surface area contributed by atoms with E-state index in [9.17, 15) is 9.18 Å². The third kappa shape index (κ3) is 3.07. The lowest BCUT2D eigenvalue weighted by molar-refractivity contribution is 0.0779. The van der Waals surface area contributed by atoms with Crippen molar-refractivity contribution in [3.63, 3.8) is 0 Å². The van der Waals surface area contributed by atoms with Crippen molar-refractivity contribution in [1.82, 2.24) is 10.6 Å². The minimum Gasteiger partial charge on any atom is -0.378 e. The molecule has 1 unspecified atom stereocenters. The van der Waals surface area contributed by atoms with Crippen molar-refractivity contribution < 1.29 is 13.9 Å². The minimum absolute atomic E-state index is 0.0500. The second-order valence-corrected chi connectivity index (χ2v) is 5.09. The van der Waals surface area contributed by atoms with E-state index in [1.807, 2.05) is 0 Å². The standard InChI is InChI=1S/C12H14BrFN2O2/c1-18-11-6-15-5-10(11)16-12(17)7-2-8(13)4-9(14)3-7/h2-4,10-11,15H,5-6H2,1H3,(H,16,17)/t10?,11-/m1/s1. The topological polar surface area (TPSA) is 50.4 Å². The first-order chi connectivity index (χ1) is 8.60. The lowest BCUT2D eigenvalue weighted by Crippen LogP contribution is -2.43. The maximum Gasteiger partial charge on any atom is 0.251 e. The molecule has 1 aromatic rings. The van der Waals surface area contributed by atoms with E-state index < -0.39 is 5.82 Å². The number of halogens is 2. The second-order valence-electron chi connectivity index (χ2n) is 4.17. The Bertz CT molecular complexity index is 435. The molecule has 6 heteroatoms. The maximum absolute atomic E-state index is 13.2. The first kappa shape index (κ1) is 13.5. The van der Waals surface area contributed by atoms with Gasteiger partial charge in [0.15, 0.2) is 0 Å². The molecule has 0 aromatic heterocycles. The average molecular weight is 317 g/mol. The van der Waals surface area contributed by atoms with Crippen LogP contribution in [-0.4, -0.2) is 38.3 Å². The summed E-state index contributed by atoms with van der Waals surface area (Å²) in [6.45, 7) is 1.36. The van der Waals surface area contributed by atoms with Crippen molar-refractivity contribution in [3.05, 3.63) is 34.1 Å². The average Bonchev–Trinajstić information content (AvgIpc) is 2.75. The van der Waals surface area contributed by atoms with Gasteiger partial charge in [0.1, 0.15) is 5.82 Å². The van der Waals surface area contributed by atoms with Gasteiger partial charge in [0.2, 0.25) is 0 Å². The Morgan fingerprint density at radius 2 is 2.28 bits per heavy atom. The van der Waals surface area contributed by atoms with Crippen molar-refractivity contribution in [2.75, 3.05) is 20.2 Å². The number of hydrogen-bond donors (Lipinski definition) is 2. The fraction of sp³-hybridized carbons (Fsp3) is 0.417. The zero-order valence-electron chi connectivity index (χ0n) is 9.87. The van der Waals surface area contributed by atoms with Crippen molar-refractivity contribution >= 4 is 21.8 Å². The van der Waals surface area contributed by atoms with Gasteiger partial charge in [-0.1, -0.05) is 15.9 Å². The smallest absolute Gasteiger partial charge is 0.251 e. The molecular weight excluding hydrogens is 303 g/mol. The van der Waals surface area contributed by atoms with E-state index in [0.29, 0.717) is 23.1 Å². The minimum atomic E-state index is -0.442. The highest BCUT2D eigenvalue weighted by molar-refractivity contribution is 9.10. The number of hydrogen-bond acceptors (Lipinski definition) is 3. The molecule has 1 fully saturated rings. The van der Waals surface area contributed by atoms with Crippen LogP contribution in [0, 0.1) is 5.82 Å². The zero-order valence-corrected chi connectivity index (χ0v) is 11.5. The Hall–Kier alpha value is -0.980. The summed E-state index contributed by atoms with van der Waals surface area (Å²) in [7, 11) is 1.61. The molecule has 1 saturated heterocycles. The van der Waals surface area contributed by atoms with E-state index in [1.54, 1.807) is 13.2 Å². The highest BCUT2D eigenvalue weighted by Crippen LogP contribution is 2.15. The lowest BCUT2D eigenvalue weighted by Gasteiger charge is -2.18. The molecule has 98 valence electrons. The van der Waals surface area contributed by atoms with Gasteiger partial charge in [-0.2, -0.15) is 0 Å². The van der Waals surface area contributed by atoms with Gasteiger partial charge in [0.05, 0.1) is 12.1 Å². The normalized spacial score (nSPS) is 23.1. The van der Waals surface area contributed by atoms with Crippen molar-refractivity contribution in [3.8, 4) is 0 Å². The van der Waals surface area contributed by atoms with Gasteiger partial charge in [-0.05, 0) is 18.2 Å². The number of amides is 1. The molecule has 0 saturated carbocycles. The molecule has 1 aromatic carbocycles. The molecule has 18 heavy (non-hydrogen) atoms. The second kappa shape index (κ2) is 5.77. The number of carbonyl (C=O) groups excluding carboxylic acids is 1. The van der Waals surface area contributed by atoms with Crippen molar-refractivity contribution in [2.24, 2.45) is 0 Å². The fourth-order valence-corrected chi connectivity index (χ4v) is 2.45. The summed E-state index contributed by atoms with van der Waals surface area (Å²) in [6.07, 6.45) is -0.0500. The number of rotatable bonds is 3. The van der Waals surface area contributed by atoms with Crippen LogP contribution in [0.3, 0.4) is 0 Å². The van der Waals surface area contributed by atoms with Crippen molar-refractivity contribution in [1.29, 1.82) is 0 Å². The largest absolute Gasteiger partial charge is 0.378 e. The predicted molar refractivity (Wildman–Crippen MR) is 69.0 cm³/mol. The van der Waals surface area contributed by atoms with Gasteiger partial charge in [0.25, 0.3) is 5.91 Å².